The van der Waals surface area contributed by atoms with Crippen LogP contribution in [0.1, 0.15) is 33.3 Å². The normalized spacial score (nSPS) is 16.2. The van der Waals surface area contributed by atoms with E-state index in [1.807, 2.05) is 45.9 Å². The van der Waals surface area contributed by atoms with Crippen molar-refractivity contribution in [2.24, 2.45) is 0 Å². The summed E-state index contributed by atoms with van der Waals surface area (Å²) in [7, 11) is -3.43. The number of rotatable bonds is 8. The lowest BCUT2D eigenvalue weighted by Crippen LogP contribution is -2.41. The Hall–Kier alpha value is -1.31. The smallest absolute Gasteiger partial charge is 0.279 e. The Balaban J connectivity index is 1.91. The van der Waals surface area contributed by atoms with Gasteiger partial charge in [-0.15, -0.1) is 0 Å². The van der Waals surface area contributed by atoms with Gasteiger partial charge in [-0.05, 0) is 19.9 Å². The Kier molecular flexibility index (Phi) is 5.54. The van der Waals surface area contributed by atoms with E-state index in [-0.39, 0.29) is 18.8 Å². The highest BCUT2D eigenvalue weighted by molar-refractivity contribution is 7.87. The summed E-state index contributed by atoms with van der Waals surface area (Å²) < 4.78 is 39.6. The molecule has 130 valence electrons. The molecule has 0 saturated heterocycles. The van der Waals surface area contributed by atoms with Crippen molar-refractivity contribution < 1.29 is 17.9 Å². The van der Waals surface area contributed by atoms with E-state index in [9.17, 15) is 8.42 Å². The molecule has 1 heterocycles. The SMILES string of the molecule is CCN(CC)S(=O)(=O)NCCOc1cccc2c1OC(C)(C)C2. The third-order valence-corrected chi connectivity index (χ3v) is 5.51. The molecule has 0 atom stereocenters. The van der Waals surface area contributed by atoms with Crippen LogP contribution in [0.15, 0.2) is 18.2 Å². The van der Waals surface area contributed by atoms with Crippen LogP contribution in [0.4, 0.5) is 0 Å². The van der Waals surface area contributed by atoms with Crippen LogP contribution in [0.5, 0.6) is 11.5 Å². The standard InChI is InChI=1S/C16H26N2O4S/c1-5-18(6-2)23(19,20)17-10-11-21-14-9-7-8-13-12-16(3,4)22-15(13)14/h7-9,17H,5-6,10-12H2,1-4H3. The maximum atomic E-state index is 12.0. The molecule has 0 bridgehead atoms. The molecular formula is C16H26N2O4S. The number of hydrogen-bond donors (Lipinski definition) is 1. The molecule has 0 aromatic heterocycles. The Morgan fingerprint density at radius 2 is 2.00 bits per heavy atom. The average Bonchev–Trinajstić information content (AvgIpc) is 2.79. The molecule has 0 saturated carbocycles. The largest absolute Gasteiger partial charge is 0.488 e. The third-order valence-electron chi connectivity index (χ3n) is 3.74. The summed E-state index contributed by atoms with van der Waals surface area (Å²) in [5, 5.41) is 0. The summed E-state index contributed by atoms with van der Waals surface area (Å²) >= 11 is 0. The number of para-hydroxylation sites is 1. The van der Waals surface area contributed by atoms with Gasteiger partial charge in [-0.1, -0.05) is 26.0 Å². The Morgan fingerprint density at radius 3 is 2.65 bits per heavy atom. The first-order valence-corrected chi connectivity index (χ1v) is 9.41. The molecule has 1 aromatic carbocycles. The van der Waals surface area contributed by atoms with Crippen LogP contribution >= 0.6 is 0 Å². The Morgan fingerprint density at radius 1 is 1.30 bits per heavy atom. The maximum absolute atomic E-state index is 12.0. The lowest BCUT2D eigenvalue weighted by Gasteiger charge is -2.19. The number of ether oxygens (including phenoxy) is 2. The van der Waals surface area contributed by atoms with Crippen molar-refractivity contribution in [3.63, 3.8) is 0 Å². The number of hydrogen-bond acceptors (Lipinski definition) is 4. The van der Waals surface area contributed by atoms with Gasteiger partial charge >= 0.3 is 0 Å². The van der Waals surface area contributed by atoms with E-state index >= 15 is 0 Å². The lowest BCUT2D eigenvalue weighted by atomic mass is 10.0. The lowest BCUT2D eigenvalue weighted by molar-refractivity contribution is 0.132. The highest BCUT2D eigenvalue weighted by Crippen LogP contribution is 2.41. The molecule has 7 heteroatoms. The zero-order valence-electron chi connectivity index (χ0n) is 14.3. The fraction of sp³-hybridized carbons (Fsp3) is 0.625. The summed E-state index contributed by atoms with van der Waals surface area (Å²) in [6.45, 7) is 9.05. The molecule has 0 spiro atoms. The Labute approximate surface area is 139 Å². The number of nitrogens with one attached hydrogen (secondary N) is 1. The minimum atomic E-state index is -3.43. The fourth-order valence-corrected chi connectivity index (χ4v) is 3.89. The monoisotopic (exact) mass is 342 g/mol. The molecule has 1 N–H and O–H groups in total. The molecule has 1 aliphatic rings. The van der Waals surface area contributed by atoms with Crippen molar-refractivity contribution in [1.29, 1.82) is 0 Å². The van der Waals surface area contributed by atoms with Gasteiger partial charge in [-0.25, -0.2) is 0 Å². The van der Waals surface area contributed by atoms with E-state index in [1.165, 1.54) is 4.31 Å². The van der Waals surface area contributed by atoms with Crippen LogP contribution < -0.4 is 14.2 Å². The first kappa shape index (κ1) is 18.0. The number of benzene rings is 1. The van der Waals surface area contributed by atoms with Gasteiger partial charge in [-0.2, -0.15) is 17.4 Å². The topological polar surface area (TPSA) is 67.9 Å². The van der Waals surface area contributed by atoms with E-state index in [0.717, 1.165) is 17.7 Å². The molecule has 6 nitrogen and oxygen atoms in total. The molecule has 0 fully saturated rings. The molecule has 0 amide bonds. The Bertz CT molecular complexity index is 639. The van der Waals surface area contributed by atoms with Crippen molar-refractivity contribution >= 4 is 10.2 Å². The fourth-order valence-electron chi connectivity index (χ4n) is 2.69. The molecule has 0 aliphatic carbocycles. The molecule has 2 rings (SSSR count). The van der Waals surface area contributed by atoms with Gasteiger partial charge in [0.05, 0.1) is 0 Å². The van der Waals surface area contributed by atoms with Crippen molar-refractivity contribution in [3.8, 4) is 11.5 Å². The molecular weight excluding hydrogens is 316 g/mol. The van der Waals surface area contributed by atoms with Gasteiger partial charge in [0.15, 0.2) is 11.5 Å². The quantitative estimate of drug-likeness (QED) is 0.733. The predicted octanol–water partition coefficient (Wildman–Crippen LogP) is 1.96. The van der Waals surface area contributed by atoms with Crippen LogP contribution in [0.25, 0.3) is 0 Å². The molecule has 1 aromatic rings. The van der Waals surface area contributed by atoms with E-state index in [2.05, 4.69) is 4.72 Å². The van der Waals surface area contributed by atoms with E-state index in [1.54, 1.807) is 0 Å². The van der Waals surface area contributed by atoms with E-state index in [0.29, 0.717) is 18.8 Å². The minimum Gasteiger partial charge on any atom is -0.488 e. The molecule has 23 heavy (non-hydrogen) atoms. The molecule has 0 unspecified atom stereocenters. The number of fused-ring (bicyclic) bond motifs is 1. The van der Waals surface area contributed by atoms with E-state index < -0.39 is 10.2 Å². The zero-order chi connectivity index (χ0) is 17.1. The van der Waals surface area contributed by atoms with Gasteiger partial charge < -0.3 is 9.47 Å². The first-order chi connectivity index (χ1) is 10.8. The predicted molar refractivity (Wildman–Crippen MR) is 90.2 cm³/mol. The van der Waals surface area contributed by atoms with Crippen molar-refractivity contribution in [2.75, 3.05) is 26.2 Å². The van der Waals surface area contributed by atoms with Crippen molar-refractivity contribution in [1.82, 2.24) is 9.03 Å². The average molecular weight is 342 g/mol. The summed E-state index contributed by atoms with van der Waals surface area (Å²) in [6.07, 6.45) is 0.841. The first-order valence-electron chi connectivity index (χ1n) is 7.97. The second-order valence-corrected chi connectivity index (χ2v) is 7.87. The van der Waals surface area contributed by atoms with Gasteiger partial charge in [0.2, 0.25) is 0 Å². The van der Waals surface area contributed by atoms with Crippen LogP contribution in [0.2, 0.25) is 0 Å². The van der Waals surface area contributed by atoms with Crippen LogP contribution in [0.3, 0.4) is 0 Å². The molecule has 1 aliphatic heterocycles. The van der Waals surface area contributed by atoms with Gasteiger partial charge in [0, 0.05) is 31.6 Å². The summed E-state index contributed by atoms with van der Waals surface area (Å²) in [4.78, 5) is 0. The van der Waals surface area contributed by atoms with Gasteiger partial charge in [0.1, 0.15) is 12.2 Å². The summed E-state index contributed by atoms with van der Waals surface area (Å²) in [6, 6.07) is 5.80. The molecule has 0 radical (unpaired) electrons. The number of nitrogens with zero attached hydrogens (tertiary/aromatic N) is 1. The zero-order valence-corrected chi connectivity index (χ0v) is 15.1. The van der Waals surface area contributed by atoms with Crippen LogP contribution in [0, 0.1) is 0 Å². The summed E-state index contributed by atoms with van der Waals surface area (Å²) in [5.41, 5.74) is 0.891. The second-order valence-electron chi connectivity index (χ2n) is 6.12. The third kappa shape index (κ3) is 4.37. The van der Waals surface area contributed by atoms with Gasteiger partial charge in [0.25, 0.3) is 10.2 Å². The van der Waals surface area contributed by atoms with Crippen LogP contribution in [-0.4, -0.2) is 44.6 Å². The maximum Gasteiger partial charge on any atom is 0.279 e. The summed E-state index contributed by atoms with van der Waals surface area (Å²) in [5.74, 6) is 1.43. The van der Waals surface area contributed by atoms with Crippen LogP contribution in [-0.2, 0) is 16.6 Å². The van der Waals surface area contributed by atoms with E-state index in [4.69, 9.17) is 9.47 Å². The highest BCUT2D eigenvalue weighted by Gasteiger charge is 2.32. The van der Waals surface area contributed by atoms with Crippen molar-refractivity contribution in [2.45, 2.75) is 39.7 Å². The van der Waals surface area contributed by atoms with Gasteiger partial charge in [-0.3, -0.25) is 0 Å². The minimum absolute atomic E-state index is 0.214. The van der Waals surface area contributed by atoms with Crippen molar-refractivity contribution in [3.05, 3.63) is 23.8 Å². The highest BCUT2D eigenvalue weighted by atomic mass is 32.2. The second kappa shape index (κ2) is 7.07.